The fraction of sp³-hybridized carbons (Fsp3) is 0.417. The zero-order valence-electron chi connectivity index (χ0n) is 23.8. The van der Waals surface area contributed by atoms with Crippen LogP contribution in [0.2, 0.25) is 0 Å². The summed E-state index contributed by atoms with van der Waals surface area (Å²) < 4.78 is 95.6. The summed E-state index contributed by atoms with van der Waals surface area (Å²) in [6.07, 6.45) is -11.0. The summed E-state index contributed by atoms with van der Waals surface area (Å²) in [4.78, 5) is 24.0. The number of thiol groups is 1. The van der Waals surface area contributed by atoms with Gasteiger partial charge < -0.3 is 25.5 Å². The number of ether oxygens (including phenoxy) is 2. The van der Waals surface area contributed by atoms with E-state index in [2.05, 4.69) is 44.1 Å². The van der Waals surface area contributed by atoms with Gasteiger partial charge in [-0.15, -0.1) is 5.10 Å². The molecule has 0 aliphatic carbocycles. The standard InChI is InChI=1S/C24H25F2N9O9P2S/c1-2-45(37)39-7-13-18(15(26)23(42-13)34-9-31-17-20(27)29-8-30-22(17)34)44-46(38,47)40-6-12-14(25)19(43-45)24(41-12)35-11-5-3-4-10(21(28)36)16(11)32-33-35/h2-5,8-9,12-15,18-19,23-24H,1,6-7H2,(H2,28,36)(H,38,47)(H2,27,29,30)/t12?,13-,14-,15-,18-,19-,23-,24-,45+,46+/m1/s1. The van der Waals surface area contributed by atoms with E-state index in [0.29, 0.717) is 0 Å². The Kier molecular flexibility index (Phi) is 8.17. The number of fused-ring (bicyclic) bond motifs is 5. The molecule has 3 saturated heterocycles. The number of benzene rings is 1. The minimum Gasteiger partial charge on any atom is -0.382 e. The minimum atomic E-state index is -4.47. The Labute approximate surface area is 267 Å². The van der Waals surface area contributed by atoms with Gasteiger partial charge >= 0.3 is 14.4 Å². The molecule has 0 radical (unpaired) electrons. The smallest absolute Gasteiger partial charge is 0.382 e. The number of aromatic nitrogens is 7. The van der Waals surface area contributed by atoms with Crippen LogP contribution in [0.1, 0.15) is 22.8 Å². The predicted molar refractivity (Wildman–Crippen MR) is 159 cm³/mol. The number of nitrogen functional groups attached to an aromatic ring is 1. The second kappa shape index (κ2) is 11.9. The van der Waals surface area contributed by atoms with Crippen molar-refractivity contribution in [3.63, 3.8) is 0 Å². The molecule has 3 aliphatic rings. The average molecular weight is 716 g/mol. The molecule has 3 fully saturated rings. The van der Waals surface area contributed by atoms with E-state index >= 15 is 8.78 Å². The van der Waals surface area contributed by atoms with Crippen molar-refractivity contribution in [3.8, 4) is 0 Å². The van der Waals surface area contributed by atoms with Crippen LogP contribution in [0.15, 0.2) is 43.2 Å². The van der Waals surface area contributed by atoms with E-state index in [1.807, 2.05) is 0 Å². The van der Waals surface area contributed by atoms with Gasteiger partial charge in [-0.05, 0) is 12.1 Å². The van der Waals surface area contributed by atoms with E-state index in [1.54, 1.807) is 0 Å². The van der Waals surface area contributed by atoms with Gasteiger partial charge in [0.25, 0.3) is 5.91 Å². The number of anilines is 1. The third kappa shape index (κ3) is 5.64. The van der Waals surface area contributed by atoms with Gasteiger partial charge in [0, 0.05) is 5.82 Å². The molecular formula is C24H25F2N9O9P2S. The molecule has 1 unspecified atom stereocenters. The van der Waals surface area contributed by atoms with Gasteiger partial charge in [-0.25, -0.2) is 33.0 Å². The molecule has 23 heteroatoms. The van der Waals surface area contributed by atoms with Crippen LogP contribution in [0.25, 0.3) is 22.2 Å². The van der Waals surface area contributed by atoms with Gasteiger partial charge in [-0.3, -0.25) is 27.5 Å². The molecule has 0 saturated carbocycles. The molecule has 250 valence electrons. The van der Waals surface area contributed by atoms with Crippen LogP contribution in [-0.2, 0) is 36.7 Å². The van der Waals surface area contributed by atoms with Crippen molar-refractivity contribution in [1.29, 1.82) is 0 Å². The van der Waals surface area contributed by atoms with Crippen LogP contribution in [0.3, 0.4) is 0 Å². The lowest BCUT2D eigenvalue weighted by molar-refractivity contribution is -0.0611. The number of rotatable bonds is 4. The van der Waals surface area contributed by atoms with E-state index in [4.69, 9.17) is 39.0 Å². The van der Waals surface area contributed by atoms with Crippen molar-refractivity contribution in [3.05, 3.63) is 48.8 Å². The number of alkyl halides is 2. The number of primary amides is 1. The minimum absolute atomic E-state index is 0.0338. The van der Waals surface area contributed by atoms with Crippen molar-refractivity contribution in [2.75, 3.05) is 18.9 Å². The van der Waals surface area contributed by atoms with Gasteiger partial charge in [0.1, 0.15) is 41.8 Å². The first-order valence-corrected chi connectivity index (χ1v) is 18.1. The summed E-state index contributed by atoms with van der Waals surface area (Å²) in [6.45, 7) is -2.38. The first-order chi connectivity index (χ1) is 22.4. The predicted octanol–water partition coefficient (Wildman–Crippen LogP) is 2.62. The highest BCUT2D eigenvalue weighted by Gasteiger charge is 2.54. The summed E-state index contributed by atoms with van der Waals surface area (Å²) >= 11 is 3.98. The molecule has 10 atom stereocenters. The van der Waals surface area contributed by atoms with Crippen molar-refractivity contribution >= 4 is 60.6 Å². The van der Waals surface area contributed by atoms with E-state index in [1.165, 1.54) is 29.1 Å². The number of carbonyl (C=O) groups is 1. The molecule has 18 nitrogen and oxygen atoms in total. The van der Waals surface area contributed by atoms with E-state index in [9.17, 15) is 13.9 Å². The molecule has 4 N–H and O–H groups in total. The van der Waals surface area contributed by atoms with Gasteiger partial charge in [0.15, 0.2) is 36.3 Å². The number of amides is 1. The zero-order chi connectivity index (χ0) is 33.2. The molecule has 7 rings (SSSR count). The van der Waals surface area contributed by atoms with Crippen molar-refractivity contribution in [1.82, 2.24) is 34.5 Å². The molecule has 6 heterocycles. The Hall–Kier alpha value is -3.39. The molecule has 0 spiro atoms. The van der Waals surface area contributed by atoms with Crippen LogP contribution in [0.4, 0.5) is 14.6 Å². The SMILES string of the molecule is C=C[P@]1(=O)OC[C@H]2O[C@@H](n3cnc4c(N)ncnc43)[C@H](F)[C@@H]2O[P@@](=O)(S)OCC2O[C@@H](n3nnc4c(C(N)=O)cccc43)[C@H](O1)[C@@H]2F. The Bertz CT molecular complexity index is 1990. The first kappa shape index (κ1) is 32.2. The fourth-order valence-corrected chi connectivity index (χ4v) is 8.20. The van der Waals surface area contributed by atoms with E-state index in [0.717, 1.165) is 16.8 Å². The zero-order valence-corrected chi connectivity index (χ0v) is 26.4. The molecule has 1 amide bonds. The van der Waals surface area contributed by atoms with Crippen LogP contribution in [0, 0.1) is 0 Å². The Balaban J connectivity index is 1.22. The maximum Gasteiger partial charge on any atom is 0.386 e. The first-order valence-electron chi connectivity index (χ1n) is 13.8. The molecule has 2 bridgehead atoms. The summed E-state index contributed by atoms with van der Waals surface area (Å²) in [6, 6.07) is 4.44. The maximum atomic E-state index is 16.1. The van der Waals surface area contributed by atoms with Crippen molar-refractivity contribution in [2.24, 2.45) is 5.73 Å². The molecule has 4 aromatic rings. The highest BCUT2D eigenvalue weighted by atomic mass is 32.7. The second-order valence-electron chi connectivity index (χ2n) is 10.6. The highest BCUT2D eigenvalue weighted by molar-refractivity contribution is 8.44. The van der Waals surface area contributed by atoms with E-state index < -0.39 is 82.7 Å². The van der Waals surface area contributed by atoms with Crippen molar-refractivity contribution in [2.45, 2.75) is 49.2 Å². The van der Waals surface area contributed by atoms with Gasteiger partial charge in [0.05, 0.1) is 30.6 Å². The van der Waals surface area contributed by atoms with E-state index in [-0.39, 0.29) is 33.6 Å². The van der Waals surface area contributed by atoms with Crippen LogP contribution >= 0.6 is 26.6 Å². The third-order valence-corrected chi connectivity index (χ3v) is 10.9. The lowest BCUT2D eigenvalue weighted by Gasteiger charge is -2.26. The summed E-state index contributed by atoms with van der Waals surface area (Å²) in [5, 5.41) is 7.98. The number of hydrogen-bond acceptors (Lipinski definition) is 15. The van der Waals surface area contributed by atoms with Crippen LogP contribution < -0.4 is 11.5 Å². The summed E-state index contributed by atoms with van der Waals surface area (Å²) in [7, 11) is -4.43. The van der Waals surface area contributed by atoms with Crippen molar-refractivity contribution < 1.29 is 50.3 Å². The Morgan fingerprint density at radius 2 is 1.79 bits per heavy atom. The number of carbonyl (C=O) groups excluding carboxylic acids is 1. The number of hydrogen-bond donors (Lipinski definition) is 3. The topological polar surface area (TPSA) is 233 Å². The number of imidazole rings is 1. The Morgan fingerprint density at radius 3 is 2.55 bits per heavy atom. The lowest BCUT2D eigenvalue weighted by atomic mass is 10.1. The quantitative estimate of drug-likeness (QED) is 0.204. The van der Waals surface area contributed by atoms with Gasteiger partial charge in [-0.1, -0.05) is 30.1 Å². The van der Waals surface area contributed by atoms with Gasteiger partial charge in [-0.2, -0.15) is 0 Å². The number of halogens is 2. The molecule has 47 heavy (non-hydrogen) atoms. The average Bonchev–Trinajstić information content (AvgIpc) is 3.80. The Morgan fingerprint density at radius 1 is 1.02 bits per heavy atom. The molecule has 3 aliphatic heterocycles. The van der Waals surface area contributed by atoms with Gasteiger partial charge in [0.2, 0.25) is 0 Å². The largest absolute Gasteiger partial charge is 0.386 e. The highest BCUT2D eigenvalue weighted by Crippen LogP contribution is 2.59. The molecule has 1 aromatic carbocycles. The maximum absolute atomic E-state index is 16.1. The molecule has 3 aromatic heterocycles. The lowest BCUT2D eigenvalue weighted by Crippen LogP contribution is -2.34. The molecular weight excluding hydrogens is 690 g/mol. The third-order valence-electron chi connectivity index (χ3n) is 7.77. The normalized spacial score (nSPS) is 36.4. The van der Waals surface area contributed by atoms with Crippen LogP contribution in [-0.4, -0.2) is 90.4 Å². The van der Waals surface area contributed by atoms with Crippen LogP contribution in [0.5, 0.6) is 0 Å². The number of nitrogens with two attached hydrogens (primary N) is 2. The number of nitrogens with zero attached hydrogens (tertiary/aromatic N) is 7. The summed E-state index contributed by atoms with van der Waals surface area (Å²) in [5.41, 5.74) is 11.9. The second-order valence-corrected chi connectivity index (χ2v) is 15.4. The summed E-state index contributed by atoms with van der Waals surface area (Å²) in [5.74, 6) is 0.0760. The monoisotopic (exact) mass is 715 g/mol. The fourth-order valence-electron chi connectivity index (χ4n) is 5.55.